The van der Waals surface area contributed by atoms with Crippen molar-refractivity contribution >= 4 is 0 Å². The molecule has 0 aliphatic carbocycles. The van der Waals surface area contributed by atoms with Crippen LogP contribution in [0.1, 0.15) is 25.8 Å². The van der Waals surface area contributed by atoms with E-state index in [1.54, 1.807) is 31.5 Å². The van der Waals surface area contributed by atoms with Gasteiger partial charge in [-0.2, -0.15) is 4.98 Å². The van der Waals surface area contributed by atoms with Gasteiger partial charge in [-0.05, 0) is 43.2 Å². The Morgan fingerprint density at radius 3 is 2.54 bits per heavy atom. The molecule has 6 nitrogen and oxygen atoms in total. The number of aromatic nitrogens is 2. The number of phenolic OH excluding ortho intramolecular Hbond substituents is 1. The quantitative estimate of drug-likeness (QED) is 0.615. The molecule has 2 aromatic carbocycles. The third-order valence-corrected chi connectivity index (χ3v) is 4.24. The van der Waals surface area contributed by atoms with Gasteiger partial charge < -0.3 is 19.3 Å². The van der Waals surface area contributed by atoms with Gasteiger partial charge in [0.2, 0.25) is 5.88 Å². The molecule has 0 unspecified atom stereocenters. The van der Waals surface area contributed by atoms with Crippen molar-refractivity contribution in [1.82, 2.24) is 9.97 Å². The molecular weight excluding hydrogens is 356 g/mol. The fraction of sp³-hybridized carbons (Fsp3) is 0.273. The van der Waals surface area contributed by atoms with Gasteiger partial charge in [-0.1, -0.05) is 19.1 Å². The highest BCUT2D eigenvalue weighted by molar-refractivity contribution is 5.60. The van der Waals surface area contributed by atoms with E-state index in [4.69, 9.17) is 14.2 Å². The van der Waals surface area contributed by atoms with Crippen LogP contribution in [-0.4, -0.2) is 28.3 Å². The number of benzene rings is 2. The number of phenols is 1. The average molecular weight is 380 g/mol. The molecule has 0 aliphatic rings. The number of hydrogen-bond donors (Lipinski definition) is 1. The van der Waals surface area contributed by atoms with E-state index < -0.39 is 0 Å². The number of ether oxygens (including phenoxy) is 3. The van der Waals surface area contributed by atoms with Gasteiger partial charge >= 0.3 is 0 Å². The number of methoxy groups -OCH3 is 1. The van der Waals surface area contributed by atoms with Crippen LogP contribution in [0.25, 0.3) is 11.4 Å². The van der Waals surface area contributed by atoms with E-state index in [9.17, 15) is 5.11 Å². The van der Waals surface area contributed by atoms with Crippen LogP contribution < -0.4 is 14.2 Å². The number of aromatic hydroxyl groups is 1. The lowest BCUT2D eigenvalue weighted by molar-refractivity contribution is 0.217. The molecule has 0 aliphatic heterocycles. The summed E-state index contributed by atoms with van der Waals surface area (Å²) in [4.78, 5) is 8.74. The highest BCUT2D eigenvalue weighted by Crippen LogP contribution is 2.29. The highest BCUT2D eigenvalue weighted by atomic mass is 16.5. The van der Waals surface area contributed by atoms with Crippen molar-refractivity contribution in [3.63, 3.8) is 0 Å². The van der Waals surface area contributed by atoms with Crippen molar-refractivity contribution in [2.75, 3.05) is 7.11 Å². The van der Waals surface area contributed by atoms with Crippen LogP contribution in [0.2, 0.25) is 0 Å². The molecule has 6 heteroatoms. The van der Waals surface area contributed by atoms with Gasteiger partial charge in [0, 0.05) is 23.9 Å². The second-order valence-electron chi connectivity index (χ2n) is 6.41. The van der Waals surface area contributed by atoms with Gasteiger partial charge in [0.1, 0.15) is 23.9 Å². The monoisotopic (exact) mass is 380 g/mol. The topological polar surface area (TPSA) is 73.7 Å². The largest absolute Gasteiger partial charge is 0.508 e. The minimum atomic E-state index is 0.0507. The lowest BCUT2D eigenvalue weighted by Gasteiger charge is -2.14. The molecule has 0 fully saturated rings. The number of nitrogens with zero attached hydrogens (tertiary/aromatic N) is 2. The minimum absolute atomic E-state index is 0.0507. The van der Waals surface area contributed by atoms with Gasteiger partial charge in [0.25, 0.3) is 0 Å². The summed E-state index contributed by atoms with van der Waals surface area (Å²) in [6, 6.07) is 14.3. The number of hydrogen-bond acceptors (Lipinski definition) is 6. The summed E-state index contributed by atoms with van der Waals surface area (Å²) in [5, 5.41) is 10.0. The van der Waals surface area contributed by atoms with Crippen LogP contribution in [-0.2, 0) is 6.61 Å². The fourth-order valence-electron chi connectivity index (χ4n) is 2.54. The maximum absolute atomic E-state index is 10.0. The van der Waals surface area contributed by atoms with Crippen molar-refractivity contribution in [2.24, 2.45) is 0 Å². The van der Waals surface area contributed by atoms with Crippen LogP contribution in [0.5, 0.6) is 23.1 Å². The Labute approximate surface area is 164 Å². The maximum Gasteiger partial charge on any atom is 0.217 e. The van der Waals surface area contributed by atoms with Gasteiger partial charge in [-0.15, -0.1) is 0 Å². The standard InChI is InChI=1S/C22H24N2O4/c1-4-15(2)28-20-12-17(11-18(25)13-20)22-23-10-9-21(24-22)27-14-16-5-7-19(26-3)8-6-16/h5-13,15,25H,4,14H2,1-3H3/t15-/m1/s1. The Kier molecular flexibility index (Phi) is 6.32. The normalized spacial score (nSPS) is 11.7. The predicted molar refractivity (Wildman–Crippen MR) is 107 cm³/mol. The maximum atomic E-state index is 10.0. The van der Waals surface area contributed by atoms with Crippen LogP contribution in [0.15, 0.2) is 54.7 Å². The van der Waals surface area contributed by atoms with Crippen LogP contribution in [0, 0.1) is 0 Å². The molecule has 1 atom stereocenters. The van der Waals surface area contributed by atoms with Crippen LogP contribution in [0.4, 0.5) is 0 Å². The van der Waals surface area contributed by atoms with Crippen molar-refractivity contribution in [1.29, 1.82) is 0 Å². The van der Waals surface area contributed by atoms with E-state index in [0.29, 0.717) is 29.6 Å². The van der Waals surface area contributed by atoms with Crippen molar-refractivity contribution < 1.29 is 19.3 Å². The van der Waals surface area contributed by atoms with E-state index >= 15 is 0 Å². The summed E-state index contributed by atoms with van der Waals surface area (Å²) in [7, 11) is 1.63. The Morgan fingerprint density at radius 2 is 1.82 bits per heavy atom. The summed E-state index contributed by atoms with van der Waals surface area (Å²) < 4.78 is 16.7. The molecule has 146 valence electrons. The molecule has 3 rings (SSSR count). The Bertz CT molecular complexity index is 913. The summed E-state index contributed by atoms with van der Waals surface area (Å²) >= 11 is 0. The molecule has 0 radical (unpaired) electrons. The molecule has 0 saturated carbocycles. The zero-order valence-corrected chi connectivity index (χ0v) is 16.3. The first-order chi connectivity index (χ1) is 13.6. The molecule has 1 heterocycles. The lowest BCUT2D eigenvalue weighted by Crippen LogP contribution is -2.09. The predicted octanol–water partition coefficient (Wildman–Crippen LogP) is 4.61. The summed E-state index contributed by atoms with van der Waals surface area (Å²) in [6.45, 7) is 4.40. The summed E-state index contributed by atoms with van der Waals surface area (Å²) in [5.74, 6) is 2.39. The van der Waals surface area contributed by atoms with Gasteiger partial charge in [0.05, 0.1) is 13.2 Å². The molecule has 0 amide bonds. The fourth-order valence-corrected chi connectivity index (χ4v) is 2.54. The Hall–Kier alpha value is -3.28. The molecule has 28 heavy (non-hydrogen) atoms. The van der Waals surface area contributed by atoms with E-state index in [0.717, 1.165) is 17.7 Å². The molecule has 0 bridgehead atoms. The average Bonchev–Trinajstić information content (AvgIpc) is 2.72. The van der Waals surface area contributed by atoms with E-state index in [2.05, 4.69) is 9.97 Å². The zero-order valence-electron chi connectivity index (χ0n) is 16.3. The second-order valence-corrected chi connectivity index (χ2v) is 6.41. The van der Waals surface area contributed by atoms with Gasteiger partial charge in [0.15, 0.2) is 5.82 Å². The van der Waals surface area contributed by atoms with E-state index in [1.165, 1.54) is 0 Å². The first-order valence-electron chi connectivity index (χ1n) is 9.17. The minimum Gasteiger partial charge on any atom is -0.508 e. The first kappa shape index (κ1) is 19.5. The molecule has 3 aromatic rings. The van der Waals surface area contributed by atoms with Gasteiger partial charge in [-0.3, -0.25) is 0 Å². The third-order valence-electron chi connectivity index (χ3n) is 4.24. The smallest absolute Gasteiger partial charge is 0.217 e. The molecule has 0 spiro atoms. The SMILES string of the molecule is CC[C@@H](C)Oc1cc(O)cc(-c2nccc(OCc3ccc(OC)cc3)n2)c1. The third kappa shape index (κ3) is 5.13. The second kappa shape index (κ2) is 9.08. The van der Waals surface area contributed by atoms with Crippen molar-refractivity contribution in [3.8, 4) is 34.5 Å². The molecular formula is C22H24N2O4. The molecule has 1 N–H and O–H groups in total. The van der Waals surface area contributed by atoms with Gasteiger partial charge in [-0.25, -0.2) is 4.98 Å². The Morgan fingerprint density at radius 1 is 1.04 bits per heavy atom. The zero-order chi connectivity index (χ0) is 19.9. The van der Waals surface area contributed by atoms with Crippen LogP contribution in [0.3, 0.4) is 0 Å². The number of rotatable bonds is 8. The van der Waals surface area contributed by atoms with Crippen molar-refractivity contribution in [2.45, 2.75) is 33.0 Å². The van der Waals surface area contributed by atoms with Crippen molar-refractivity contribution in [3.05, 3.63) is 60.3 Å². The molecule has 0 saturated heterocycles. The van der Waals surface area contributed by atoms with E-state index in [1.807, 2.05) is 44.2 Å². The lowest BCUT2D eigenvalue weighted by atomic mass is 10.2. The van der Waals surface area contributed by atoms with E-state index in [-0.39, 0.29) is 11.9 Å². The van der Waals surface area contributed by atoms with Crippen LogP contribution >= 0.6 is 0 Å². The Balaban J connectivity index is 1.75. The summed E-state index contributed by atoms with van der Waals surface area (Å²) in [6.07, 6.45) is 2.55. The highest BCUT2D eigenvalue weighted by Gasteiger charge is 2.10. The summed E-state index contributed by atoms with van der Waals surface area (Å²) in [5.41, 5.74) is 1.66. The first-order valence-corrected chi connectivity index (χ1v) is 9.17. The molecule has 1 aromatic heterocycles.